The molecule has 1 fully saturated rings. The van der Waals surface area contributed by atoms with Crippen LogP contribution in [0.3, 0.4) is 0 Å². The van der Waals surface area contributed by atoms with Crippen LogP contribution in [0.4, 0.5) is 5.69 Å². The van der Waals surface area contributed by atoms with Gasteiger partial charge in [-0.1, -0.05) is 19.9 Å². The molecule has 1 saturated heterocycles. The molecule has 102 valence electrons. The van der Waals surface area contributed by atoms with Crippen LogP contribution in [-0.2, 0) is 0 Å². The van der Waals surface area contributed by atoms with Crippen LogP contribution in [0, 0.1) is 23.2 Å². The van der Waals surface area contributed by atoms with E-state index in [1.165, 1.54) is 0 Å². The van der Waals surface area contributed by atoms with Crippen LogP contribution in [0.15, 0.2) is 18.2 Å². The van der Waals surface area contributed by atoms with Gasteiger partial charge in [-0.2, -0.15) is 5.26 Å². The Morgan fingerprint density at radius 3 is 2.68 bits per heavy atom. The Labute approximate surface area is 115 Å². The van der Waals surface area contributed by atoms with Gasteiger partial charge in [-0.15, -0.1) is 0 Å². The van der Waals surface area contributed by atoms with E-state index in [9.17, 15) is 5.11 Å². The Balaban J connectivity index is 2.34. The lowest BCUT2D eigenvalue weighted by Crippen LogP contribution is -2.39. The highest BCUT2D eigenvalue weighted by atomic mass is 16.3. The van der Waals surface area contributed by atoms with E-state index in [2.05, 4.69) is 24.8 Å². The second kappa shape index (κ2) is 5.63. The van der Waals surface area contributed by atoms with Gasteiger partial charge in [0.1, 0.15) is 0 Å². The van der Waals surface area contributed by atoms with Crippen LogP contribution in [0.5, 0.6) is 0 Å². The van der Waals surface area contributed by atoms with Crippen molar-refractivity contribution < 1.29 is 5.11 Å². The standard InChI is InChI=1S/C16H22N2O/c1-11-6-7-18(10-12(11)2)16-8-14(9-17)4-5-15(16)13(3)19/h4-5,8,11-13,19H,6-7,10H2,1-3H3/t11?,12?,13-/m1/s1. The quantitative estimate of drug-likeness (QED) is 0.886. The smallest absolute Gasteiger partial charge is 0.0992 e. The normalized spacial score (nSPS) is 24.9. The average molecular weight is 258 g/mol. The van der Waals surface area contributed by atoms with Crippen molar-refractivity contribution in [1.29, 1.82) is 5.26 Å². The van der Waals surface area contributed by atoms with E-state index in [1.54, 1.807) is 13.0 Å². The second-order valence-electron chi connectivity index (χ2n) is 5.75. The van der Waals surface area contributed by atoms with Crippen molar-refractivity contribution >= 4 is 5.69 Å². The molecule has 1 aliphatic rings. The molecular weight excluding hydrogens is 236 g/mol. The third-order valence-corrected chi connectivity index (χ3v) is 4.28. The number of nitriles is 1. The average Bonchev–Trinajstić information content (AvgIpc) is 2.41. The van der Waals surface area contributed by atoms with Crippen molar-refractivity contribution in [2.45, 2.75) is 33.3 Å². The van der Waals surface area contributed by atoms with Gasteiger partial charge in [-0.3, -0.25) is 0 Å². The van der Waals surface area contributed by atoms with Crippen LogP contribution < -0.4 is 4.90 Å². The molecule has 0 bridgehead atoms. The minimum absolute atomic E-state index is 0.502. The van der Waals surface area contributed by atoms with E-state index in [-0.39, 0.29) is 0 Å². The molecule has 0 radical (unpaired) electrons. The van der Waals surface area contributed by atoms with Gasteiger partial charge < -0.3 is 10.0 Å². The van der Waals surface area contributed by atoms with Gasteiger partial charge >= 0.3 is 0 Å². The molecular formula is C16H22N2O. The third-order valence-electron chi connectivity index (χ3n) is 4.28. The van der Waals surface area contributed by atoms with Gasteiger partial charge in [0.15, 0.2) is 0 Å². The van der Waals surface area contributed by atoms with Crippen molar-refractivity contribution in [3.63, 3.8) is 0 Å². The minimum Gasteiger partial charge on any atom is -0.389 e. The summed E-state index contributed by atoms with van der Waals surface area (Å²) in [5.74, 6) is 1.38. The highest BCUT2D eigenvalue weighted by Crippen LogP contribution is 2.32. The van der Waals surface area contributed by atoms with E-state index in [0.717, 1.165) is 36.7 Å². The minimum atomic E-state index is -0.502. The summed E-state index contributed by atoms with van der Waals surface area (Å²) in [5.41, 5.74) is 2.60. The van der Waals surface area contributed by atoms with Gasteiger partial charge in [0.25, 0.3) is 0 Å². The molecule has 2 unspecified atom stereocenters. The van der Waals surface area contributed by atoms with Gasteiger partial charge in [0, 0.05) is 24.3 Å². The lowest BCUT2D eigenvalue weighted by molar-refractivity contribution is 0.199. The SMILES string of the molecule is CC1CCN(c2cc(C#N)ccc2[C@@H](C)O)CC1C. The first kappa shape index (κ1) is 13.9. The first-order valence-corrected chi connectivity index (χ1v) is 7.00. The lowest BCUT2D eigenvalue weighted by atomic mass is 9.88. The molecule has 2 rings (SSSR count). The molecule has 19 heavy (non-hydrogen) atoms. The molecule has 0 amide bonds. The number of aliphatic hydroxyl groups excluding tert-OH is 1. The van der Waals surface area contributed by atoms with E-state index >= 15 is 0 Å². The monoisotopic (exact) mass is 258 g/mol. The number of nitrogens with zero attached hydrogens (tertiary/aromatic N) is 2. The zero-order chi connectivity index (χ0) is 14.0. The highest BCUT2D eigenvalue weighted by Gasteiger charge is 2.25. The summed E-state index contributed by atoms with van der Waals surface area (Å²) >= 11 is 0. The first-order chi connectivity index (χ1) is 9.02. The van der Waals surface area contributed by atoms with E-state index in [4.69, 9.17) is 5.26 Å². The van der Waals surface area contributed by atoms with Gasteiger partial charge in [-0.25, -0.2) is 0 Å². The molecule has 1 aromatic rings. The summed E-state index contributed by atoms with van der Waals surface area (Å²) in [6.45, 7) is 8.34. The number of piperidine rings is 1. The predicted molar refractivity (Wildman–Crippen MR) is 76.9 cm³/mol. The van der Waals surface area contributed by atoms with Crippen molar-refractivity contribution in [3.05, 3.63) is 29.3 Å². The molecule has 0 aliphatic carbocycles. The fourth-order valence-electron chi connectivity index (χ4n) is 2.72. The van der Waals surface area contributed by atoms with Crippen LogP contribution in [0.25, 0.3) is 0 Å². The fourth-order valence-corrected chi connectivity index (χ4v) is 2.72. The molecule has 3 nitrogen and oxygen atoms in total. The number of aliphatic hydroxyl groups is 1. The van der Waals surface area contributed by atoms with E-state index < -0.39 is 6.10 Å². The maximum atomic E-state index is 9.91. The number of rotatable bonds is 2. The lowest BCUT2D eigenvalue weighted by Gasteiger charge is -2.38. The molecule has 1 aliphatic heterocycles. The van der Waals surface area contributed by atoms with E-state index in [0.29, 0.717) is 11.5 Å². The van der Waals surface area contributed by atoms with Crippen LogP contribution in [-0.4, -0.2) is 18.2 Å². The van der Waals surface area contributed by atoms with Crippen LogP contribution in [0.1, 0.15) is 44.4 Å². The Kier molecular flexibility index (Phi) is 4.11. The molecule has 1 N–H and O–H groups in total. The maximum absolute atomic E-state index is 9.91. The summed E-state index contributed by atoms with van der Waals surface area (Å²) in [7, 11) is 0. The Hall–Kier alpha value is -1.53. The van der Waals surface area contributed by atoms with Crippen LogP contribution >= 0.6 is 0 Å². The van der Waals surface area contributed by atoms with Crippen LogP contribution in [0.2, 0.25) is 0 Å². The zero-order valence-electron chi connectivity index (χ0n) is 11.9. The van der Waals surface area contributed by atoms with Gasteiger partial charge in [-0.05, 0) is 37.3 Å². The molecule has 3 atom stereocenters. The summed E-state index contributed by atoms with van der Waals surface area (Å²) in [5, 5.41) is 19.0. The summed E-state index contributed by atoms with van der Waals surface area (Å²) < 4.78 is 0. The summed E-state index contributed by atoms with van der Waals surface area (Å²) in [6.07, 6.45) is 0.661. The Morgan fingerprint density at radius 1 is 1.37 bits per heavy atom. The molecule has 0 aromatic heterocycles. The fraction of sp³-hybridized carbons (Fsp3) is 0.562. The van der Waals surface area contributed by atoms with Crippen molar-refractivity contribution in [2.75, 3.05) is 18.0 Å². The molecule has 1 heterocycles. The number of hydrogen-bond donors (Lipinski definition) is 1. The number of anilines is 1. The zero-order valence-corrected chi connectivity index (χ0v) is 11.9. The van der Waals surface area contributed by atoms with Crippen molar-refractivity contribution in [3.8, 4) is 6.07 Å². The maximum Gasteiger partial charge on any atom is 0.0992 e. The Bertz CT molecular complexity index is 490. The van der Waals surface area contributed by atoms with E-state index in [1.807, 2.05) is 12.1 Å². The molecule has 0 saturated carbocycles. The van der Waals surface area contributed by atoms with Crippen molar-refractivity contribution in [1.82, 2.24) is 0 Å². The number of hydrogen-bond acceptors (Lipinski definition) is 3. The summed E-state index contributed by atoms with van der Waals surface area (Å²) in [6, 6.07) is 7.75. The third kappa shape index (κ3) is 2.90. The largest absolute Gasteiger partial charge is 0.389 e. The molecule has 3 heteroatoms. The first-order valence-electron chi connectivity index (χ1n) is 7.00. The topological polar surface area (TPSA) is 47.3 Å². The molecule has 0 spiro atoms. The second-order valence-corrected chi connectivity index (χ2v) is 5.75. The molecule has 1 aromatic carbocycles. The summed E-state index contributed by atoms with van der Waals surface area (Å²) in [4.78, 5) is 2.31. The predicted octanol–water partition coefficient (Wildman–Crippen LogP) is 3.09. The van der Waals surface area contributed by atoms with Crippen molar-refractivity contribution in [2.24, 2.45) is 11.8 Å². The van der Waals surface area contributed by atoms with Gasteiger partial charge in [0.2, 0.25) is 0 Å². The Morgan fingerprint density at radius 2 is 2.11 bits per heavy atom. The van der Waals surface area contributed by atoms with Gasteiger partial charge in [0.05, 0.1) is 17.7 Å². The number of benzene rings is 1. The highest BCUT2D eigenvalue weighted by molar-refractivity contribution is 5.58.